The number of hydrogen-bond donors (Lipinski definition) is 9. The van der Waals surface area contributed by atoms with Crippen molar-refractivity contribution in [2.75, 3.05) is 5.75 Å². The van der Waals surface area contributed by atoms with Crippen LogP contribution in [-0.2, 0) is 36.8 Å². The maximum absolute atomic E-state index is 13.3. The number of carbonyl (C=O) groups is 5. The molecule has 0 saturated heterocycles. The van der Waals surface area contributed by atoms with Crippen LogP contribution in [0, 0.1) is 0 Å². The van der Waals surface area contributed by atoms with Crippen LogP contribution in [0.4, 0.5) is 0 Å². The molecule has 206 valence electrons. The van der Waals surface area contributed by atoms with Gasteiger partial charge < -0.3 is 42.0 Å². The number of aliphatic carboxylic acids is 2. The maximum atomic E-state index is 13.3. The number of nitrogens with zero attached hydrogens (tertiary/aromatic N) is 1. The van der Waals surface area contributed by atoms with Crippen LogP contribution in [0.2, 0.25) is 0 Å². The number of benzene rings is 1. The van der Waals surface area contributed by atoms with Gasteiger partial charge >= 0.3 is 11.9 Å². The second kappa shape index (κ2) is 14.6. The number of aromatic hydroxyl groups is 1. The van der Waals surface area contributed by atoms with Crippen LogP contribution in [0.1, 0.15) is 24.1 Å². The highest BCUT2D eigenvalue weighted by Gasteiger charge is 2.30. The van der Waals surface area contributed by atoms with E-state index in [9.17, 15) is 34.2 Å². The molecule has 2 rings (SSSR count). The number of H-pyrrole nitrogens is 1. The van der Waals surface area contributed by atoms with Gasteiger partial charge in [-0.3, -0.25) is 19.2 Å². The number of carbonyl (C=O) groups excluding carboxylic acids is 3. The Kier molecular flexibility index (Phi) is 11.6. The zero-order valence-corrected chi connectivity index (χ0v) is 21.1. The molecule has 14 nitrogen and oxygen atoms in total. The minimum absolute atomic E-state index is 0.0112. The van der Waals surface area contributed by atoms with Crippen molar-refractivity contribution in [2.45, 2.75) is 49.9 Å². The van der Waals surface area contributed by atoms with Gasteiger partial charge in [-0.25, -0.2) is 9.78 Å². The molecule has 4 unspecified atom stereocenters. The third kappa shape index (κ3) is 9.74. The second-order valence-corrected chi connectivity index (χ2v) is 8.76. The number of amides is 3. The molecule has 0 aliphatic rings. The van der Waals surface area contributed by atoms with Gasteiger partial charge in [0.2, 0.25) is 17.7 Å². The summed E-state index contributed by atoms with van der Waals surface area (Å²) >= 11 is 3.93. The van der Waals surface area contributed by atoms with Crippen molar-refractivity contribution in [3.8, 4) is 5.75 Å². The number of nitrogens with one attached hydrogen (secondary N) is 4. The highest BCUT2D eigenvalue weighted by Crippen LogP contribution is 2.12. The van der Waals surface area contributed by atoms with Crippen molar-refractivity contribution < 1.29 is 39.3 Å². The first kappa shape index (κ1) is 30.1. The summed E-state index contributed by atoms with van der Waals surface area (Å²) in [5.41, 5.74) is 6.81. The number of phenolic OH excluding ortho intramolecular Hbond substituents is 1. The minimum atomic E-state index is -1.31. The Bertz CT molecular complexity index is 1110. The lowest BCUT2D eigenvalue weighted by Crippen LogP contribution is -2.58. The van der Waals surface area contributed by atoms with Gasteiger partial charge in [-0.1, -0.05) is 12.1 Å². The number of imidazole rings is 1. The highest BCUT2D eigenvalue weighted by atomic mass is 32.1. The molecular formula is C23H30N6O8S. The molecule has 9 N–H and O–H groups in total. The summed E-state index contributed by atoms with van der Waals surface area (Å²) in [6.45, 7) is 0. The van der Waals surface area contributed by atoms with Crippen molar-refractivity contribution in [1.82, 2.24) is 25.9 Å². The van der Waals surface area contributed by atoms with Gasteiger partial charge in [0.25, 0.3) is 0 Å². The number of aromatic amines is 1. The highest BCUT2D eigenvalue weighted by molar-refractivity contribution is 7.80. The zero-order chi connectivity index (χ0) is 28.2. The molecule has 1 aromatic carbocycles. The second-order valence-electron chi connectivity index (χ2n) is 8.39. The Morgan fingerprint density at radius 1 is 0.921 bits per heavy atom. The summed E-state index contributed by atoms with van der Waals surface area (Å²) in [4.78, 5) is 67.7. The molecule has 0 bridgehead atoms. The van der Waals surface area contributed by atoms with E-state index >= 15 is 0 Å². The lowest BCUT2D eigenvalue weighted by atomic mass is 10.0. The van der Waals surface area contributed by atoms with E-state index in [0.29, 0.717) is 11.3 Å². The fraction of sp³-hybridized carbons (Fsp3) is 0.391. The molecule has 3 amide bonds. The Balaban J connectivity index is 2.26. The van der Waals surface area contributed by atoms with Crippen LogP contribution >= 0.6 is 12.6 Å². The summed E-state index contributed by atoms with van der Waals surface area (Å²) < 4.78 is 0. The fourth-order valence-electron chi connectivity index (χ4n) is 3.32. The number of carboxylic acid groups (broad SMARTS) is 2. The van der Waals surface area contributed by atoms with E-state index in [-0.39, 0.29) is 37.2 Å². The van der Waals surface area contributed by atoms with E-state index in [2.05, 4.69) is 38.5 Å². The summed E-state index contributed by atoms with van der Waals surface area (Å²) in [5, 5.41) is 35.0. The van der Waals surface area contributed by atoms with Gasteiger partial charge in [0.05, 0.1) is 12.4 Å². The van der Waals surface area contributed by atoms with Gasteiger partial charge in [0.1, 0.15) is 23.9 Å². The third-order valence-corrected chi connectivity index (χ3v) is 5.79. The number of rotatable bonds is 15. The van der Waals surface area contributed by atoms with E-state index in [1.807, 2.05) is 0 Å². The van der Waals surface area contributed by atoms with Crippen LogP contribution in [0.15, 0.2) is 36.8 Å². The number of hydrogen-bond acceptors (Lipinski definition) is 9. The Morgan fingerprint density at radius 2 is 1.50 bits per heavy atom. The van der Waals surface area contributed by atoms with Crippen molar-refractivity contribution in [2.24, 2.45) is 5.73 Å². The van der Waals surface area contributed by atoms with Crippen LogP contribution < -0.4 is 21.7 Å². The molecule has 0 spiro atoms. The molecule has 0 aliphatic carbocycles. The minimum Gasteiger partial charge on any atom is -0.508 e. The molecule has 0 radical (unpaired) electrons. The van der Waals surface area contributed by atoms with E-state index in [0.717, 1.165) is 0 Å². The first-order valence-electron chi connectivity index (χ1n) is 11.5. The first-order valence-corrected chi connectivity index (χ1v) is 12.1. The van der Waals surface area contributed by atoms with E-state index < -0.39 is 53.8 Å². The first-order chi connectivity index (χ1) is 18.0. The van der Waals surface area contributed by atoms with Crippen LogP contribution in [0.25, 0.3) is 0 Å². The number of aromatic nitrogens is 2. The van der Waals surface area contributed by atoms with E-state index in [4.69, 9.17) is 10.8 Å². The predicted molar refractivity (Wildman–Crippen MR) is 136 cm³/mol. The smallest absolute Gasteiger partial charge is 0.327 e. The van der Waals surface area contributed by atoms with E-state index in [1.54, 1.807) is 0 Å². The summed E-state index contributed by atoms with van der Waals surface area (Å²) in [5.74, 6) is -5.02. The van der Waals surface area contributed by atoms with Crippen molar-refractivity contribution in [3.05, 3.63) is 48.0 Å². The molecular weight excluding hydrogens is 520 g/mol. The van der Waals surface area contributed by atoms with Gasteiger partial charge in [-0.2, -0.15) is 12.6 Å². The average molecular weight is 551 g/mol. The van der Waals surface area contributed by atoms with Crippen LogP contribution in [-0.4, -0.2) is 84.9 Å². The standard InChI is InChI=1S/C23H30N6O8S/c24-15(5-6-19(31)32)20(33)27-16(7-12-1-3-14(30)4-2-12)21(34)28-17(8-13-9-25-11-26-13)22(35)29-18(10-38)23(36)37/h1-4,9,11,15-18,30,38H,5-8,10,24H2,(H,25,26)(H,27,33)(H,28,34)(H,29,35)(H,31,32)(H,36,37). The largest absolute Gasteiger partial charge is 0.508 e. The molecule has 4 atom stereocenters. The Hall–Kier alpha value is -4.11. The number of carboxylic acids is 2. The summed E-state index contributed by atoms with van der Waals surface area (Å²) in [6.07, 6.45) is 2.14. The summed E-state index contributed by atoms with van der Waals surface area (Å²) in [6, 6.07) is 0.815. The molecule has 1 aromatic heterocycles. The molecule has 0 saturated carbocycles. The van der Waals surface area contributed by atoms with Crippen molar-refractivity contribution >= 4 is 42.3 Å². The molecule has 0 aliphatic heterocycles. The van der Waals surface area contributed by atoms with Crippen molar-refractivity contribution in [1.29, 1.82) is 0 Å². The lowest BCUT2D eigenvalue weighted by molar-refractivity contribution is -0.141. The Labute approximate surface area is 222 Å². The monoisotopic (exact) mass is 550 g/mol. The molecule has 15 heteroatoms. The molecule has 2 aromatic rings. The van der Waals surface area contributed by atoms with Gasteiger partial charge in [0, 0.05) is 36.9 Å². The molecule has 1 heterocycles. The zero-order valence-electron chi connectivity index (χ0n) is 20.2. The van der Waals surface area contributed by atoms with Gasteiger partial charge in [-0.15, -0.1) is 0 Å². The topological polar surface area (TPSA) is 237 Å². The Morgan fingerprint density at radius 3 is 2.03 bits per heavy atom. The maximum Gasteiger partial charge on any atom is 0.327 e. The third-order valence-electron chi connectivity index (χ3n) is 5.42. The molecule has 0 fully saturated rings. The van der Waals surface area contributed by atoms with Crippen molar-refractivity contribution in [3.63, 3.8) is 0 Å². The lowest BCUT2D eigenvalue weighted by Gasteiger charge is -2.25. The quantitative estimate of drug-likeness (QED) is 0.117. The molecule has 38 heavy (non-hydrogen) atoms. The van der Waals surface area contributed by atoms with Gasteiger partial charge in [-0.05, 0) is 24.1 Å². The predicted octanol–water partition coefficient (Wildman–Crippen LogP) is -1.44. The number of nitrogens with two attached hydrogens (primary N) is 1. The summed E-state index contributed by atoms with van der Waals surface area (Å²) in [7, 11) is 0. The fourth-order valence-corrected chi connectivity index (χ4v) is 3.57. The number of thiol groups is 1. The van der Waals surface area contributed by atoms with Crippen LogP contribution in [0.5, 0.6) is 5.75 Å². The number of phenols is 1. The van der Waals surface area contributed by atoms with E-state index in [1.165, 1.54) is 36.8 Å². The average Bonchev–Trinajstić information content (AvgIpc) is 3.38. The SMILES string of the molecule is NC(CCC(=O)O)C(=O)NC(Cc1ccc(O)cc1)C(=O)NC(Cc1cnc[nH]1)C(=O)NC(CS)C(=O)O. The normalized spacial score (nSPS) is 13.9. The van der Waals surface area contributed by atoms with Gasteiger partial charge in [0.15, 0.2) is 0 Å². The van der Waals surface area contributed by atoms with Crippen LogP contribution in [0.3, 0.4) is 0 Å².